The lowest BCUT2D eigenvalue weighted by Gasteiger charge is -2.38. The van der Waals surface area contributed by atoms with Gasteiger partial charge in [0.25, 0.3) is 5.56 Å². The summed E-state index contributed by atoms with van der Waals surface area (Å²) in [6.07, 6.45) is 2.57. The van der Waals surface area contributed by atoms with Gasteiger partial charge in [0.05, 0.1) is 19.6 Å². The fourth-order valence-corrected chi connectivity index (χ4v) is 4.83. The normalized spacial score (nSPS) is 16.9. The first-order valence-corrected chi connectivity index (χ1v) is 12.2. The Hall–Kier alpha value is -2.38. The van der Waals surface area contributed by atoms with Crippen molar-refractivity contribution in [2.24, 2.45) is 7.05 Å². The lowest BCUT2D eigenvalue weighted by molar-refractivity contribution is -0.143. The molecule has 2 aromatic rings. The summed E-state index contributed by atoms with van der Waals surface area (Å²) in [5.74, 6) is -0.358. The first kappa shape index (κ1) is 26.2. The highest BCUT2D eigenvalue weighted by Gasteiger charge is 2.36. The molecular formula is C27H40N2O5. The fraction of sp³-hybridized carbons (Fsp3) is 0.630. The SMILES string of the molecule is CCOC(=O)CC(Cc1cc(=O)n(C)[nH]1)c1cc(C(C)(C)C)cc(C2(COC)CCOCC2)c1. The molecule has 3 rings (SSSR count). The summed E-state index contributed by atoms with van der Waals surface area (Å²) in [5.41, 5.74) is 4.06. The number of nitrogens with one attached hydrogen (secondary N) is 1. The van der Waals surface area contributed by atoms with Crippen molar-refractivity contribution in [1.82, 2.24) is 9.78 Å². The number of nitrogens with zero attached hydrogens (tertiary/aromatic N) is 1. The van der Waals surface area contributed by atoms with Crippen LogP contribution in [0, 0.1) is 0 Å². The second kappa shape index (κ2) is 10.9. The quantitative estimate of drug-likeness (QED) is 0.558. The lowest BCUT2D eigenvalue weighted by Crippen LogP contribution is -2.38. The van der Waals surface area contributed by atoms with Crippen molar-refractivity contribution in [3.8, 4) is 0 Å². The minimum atomic E-state index is -0.230. The van der Waals surface area contributed by atoms with Crippen LogP contribution in [0.5, 0.6) is 0 Å². The van der Waals surface area contributed by atoms with Gasteiger partial charge in [-0.1, -0.05) is 39.0 Å². The average molecular weight is 473 g/mol. The zero-order valence-electron chi connectivity index (χ0n) is 21.5. The molecule has 1 saturated heterocycles. The summed E-state index contributed by atoms with van der Waals surface area (Å²) in [6.45, 7) is 10.8. The molecule has 1 N–H and O–H groups in total. The van der Waals surface area contributed by atoms with Gasteiger partial charge in [-0.2, -0.15) is 0 Å². The molecule has 0 saturated carbocycles. The van der Waals surface area contributed by atoms with E-state index in [4.69, 9.17) is 14.2 Å². The van der Waals surface area contributed by atoms with Crippen LogP contribution in [0.25, 0.3) is 0 Å². The number of carbonyl (C=O) groups is 1. The van der Waals surface area contributed by atoms with Crippen LogP contribution in [0.3, 0.4) is 0 Å². The van der Waals surface area contributed by atoms with E-state index in [9.17, 15) is 9.59 Å². The number of ether oxygens (including phenoxy) is 3. The van der Waals surface area contributed by atoms with Gasteiger partial charge >= 0.3 is 5.97 Å². The largest absolute Gasteiger partial charge is 0.466 e. The first-order chi connectivity index (χ1) is 16.1. The third-order valence-electron chi connectivity index (χ3n) is 6.90. The van der Waals surface area contributed by atoms with E-state index in [1.165, 1.54) is 15.8 Å². The number of aromatic nitrogens is 2. The maximum Gasteiger partial charge on any atom is 0.306 e. The zero-order valence-corrected chi connectivity index (χ0v) is 21.5. The van der Waals surface area contributed by atoms with E-state index in [1.54, 1.807) is 20.2 Å². The molecule has 1 aliphatic heterocycles. The predicted molar refractivity (Wildman–Crippen MR) is 132 cm³/mol. The number of carbonyl (C=O) groups excluding carboxylic acids is 1. The molecule has 1 unspecified atom stereocenters. The van der Waals surface area contributed by atoms with E-state index in [1.807, 2.05) is 6.92 Å². The summed E-state index contributed by atoms with van der Waals surface area (Å²) in [7, 11) is 3.45. The average Bonchev–Trinajstić information content (AvgIpc) is 3.10. The number of H-pyrrole nitrogens is 1. The van der Waals surface area contributed by atoms with Crippen molar-refractivity contribution in [3.05, 3.63) is 57.0 Å². The number of hydrogen-bond donors (Lipinski definition) is 1. The van der Waals surface area contributed by atoms with Crippen LogP contribution in [0.2, 0.25) is 0 Å². The molecule has 0 spiro atoms. The highest BCUT2D eigenvalue weighted by Crippen LogP contribution is 2.40. The second-order valence-corrected chi connectivity index (χ2v) is 10.5. The smallest absolute Gasteiger partial charge is 0.306 e. The Bertz CT molecular complexity index is 1020. The molecule has 7 heteroatoms. The zero-order chi connectivity index (χ0) is 24.9. The number of hydrogen-bond acceptors (Lipinski definition) is 5. The highest BCUT2D eigenvalue weighted by molar-refractivity contribution is 5.70. The van der Waals surface area contributed by atoms with Gasteiger partial charge in [0.2, 0.25) is 0 Å². The topological polar surface area (TPSA) is 82.6 Å². The molecule has 188 valence electrons. The van der Waals surface area contributed by atoms with E-state index in [0.717, 1.165) is 24.1 Å². The number of aryl methyl sites for hydroxylation is 1. The van der Waals surface area contributed by atoms with Gasteiger partial charge in [0, 0.05) is 44.5 Å². The molecule has 0 radical (unpaired) electrons. The second-order valence-electron chi connectivity index (χ2n) is 10.5. The van der Waals surface area contributed by atoms with Crippen LogP contribution in [-0.4, -0.2) is 49.3 Å². The van der Waals surface area contributed by atoms with Gasteiger partial charge in [-0.15, -0.1) is 0 Å². The van der Waals surface area contributed by atoms with E-state index in [0.29, 0.717) is 32.8 Å². The maximum atomic E-state index is 12.6. The van der Waals surface area contributed by atoms with Crippen LogP contribution >= 0.6 is 0 Å². The molecule has 0 aliphatic carbocycles. The Morgan fingerprint density at radius 1 is 1.21 bits per heavy atom. The summed E-state index contributed by atoms with van der Waals surface area (Å²) in [5, 5.41) is 3.12. The molecule has 1 aromatic heterocycles. The van der Waals surface area contributed by atoms with Crippen LogP contribution < -0.4 is 5.56 Å². The summed E-state index contributed by atoms with van der Waals surface area (Å²) in [4.78, 5) is 24.6. The summed E-state index contributed by atoms with van der Waals surface area (Å²) < 4.78 is 18.2. The van der Waals surface area contributed by atoms with Crippen molar-refractivity contribution < 1.29 is 19.0 Å². The number of benzene rings is 1. The van der Waals surface area contributed by atoms with Crippen LogP contribution in [0.1, 0.15) is 75.3 Å². The van der Waals surface area contributed by atoms with Gasteiger partial charge < -0.3 is 14.2 Å². The first-order valence-electron chi connectivity index (χ1n) is 12.2. The van der Waals surface area contributed by atoms with Crippen molar-refractivity contribution in [2.45, 2.75) is 70.1 Å². The van der Waals surface area contributed by atoms with Gasteiger partial charge in [-0.25, -0.2) is 0 Å². The van der Waals surface area contributed by atoms with Crippen LogP contribution in [-0.2, 0) is 43.3 Å². The molecule has 1 aliphatic rings. The Balaban J connectivity index is 2.11. The minimum Gasteiger partial charge on any atom is -0.466 e. The minimum absolute atomic E-state index is 0.0697. The maximum absolute atomic E-state index is 12.6. The van der Waals surface area contributed by atoms with E-state index >= 15 is 0 Å². The molecule has 0 bridgehead atoms. The van der Waals surface area contributed by atoms with Gasteiger partial charge in [-0.3, -0.25) is 19.4 Å². The monoisotopic (exact) mass is 472 g/mol. The molecule has 7 nitrogen and oxygen atoms in total. The van der Waals surface area contributed by atoms with Crippen molar-refractivity contribution in [3.63, 3.8) is 0 Å². The van der Waals surface area contributed by atoms with Crippen LogP contribution in [0.4, 0.5) is 0 Å². The molecule has 1 aromatic carbocycles. The number of aromatic amines is 1. The molecular weight excluding hydrogens is 432 g/mol. The third-order valence-corrected chi connectivity index (χ3v) is 6.90. The van der Waals surface area contributed by atoms with Crippen molar-refractivity contribution in [2.75, 3.05) is 33.5 Å². The highest BCUT2D eigenvalue weighted by atomic mass is 16.5. The van der Waals surface area contributed by atoms with Gasteiger partial charge in [0.15, 0.2) is 0 Å². The molecule has 0 amide bonds. The molecule has 1 atom stereocenters. The number of methoxy groups -OCH3 is 1. The van der Waals surface area contributed by atoms with E-state index in [2.05, 4.69) is 44.1 Å². The number of esters is 1. The van der Waals surface area contributed by atoms with Crippen LogP contribution in [0.15, 0.2) is 29.1 Å². The number of rotatable bonds is 9. The predicted octanol–water partition coefficient (Wildman–Crippen LogP) is 3.99. The summed E-state index contributed by atoms with van der Waals surface area (Å²) >= 11 is 0. The van der Waals surface area contributed by atoms with Crippen molar-refractivity contribution >= 4 is 5.97 Å². The molecule has 1 fully saturated rings. The summed E-state index contributed by atoms with van der Waals surface area (Å²) in [6, 6.07) is 8.37. The van der Waals surface area contributed by atoms with Gasteiger partial charge in [0.1, 0.15) is 0 Å². The fourth-order valence-electron chi connectivity index (χ4n) is 4.83. The molecule has 2 heterocycles. The Morgan fingerprint density at radius 3 is 2.47 bits per heavy atom. The third kappa shape index (κ3) is 6.19. The standard InChI is InChI=1S/C27H40N2O5/c1-7-34-25(31)15-20(14-23-17-24(30)29(5)28-23)19-12-21(26(2,3)4)16-22(13-19)27(18-32-6)8-10-33-11-9-27/h12-13,16-17,20,28H,7-11,14-15,18H2,1-6H3. The van der Waals surface area contributed by atoms with E-state index in [-0.39, 0.29) is 34.7 Å². The lowest BCUT2D eigenvalue weighted by atomic mass is 9.71. The Morgan fingerprint density at radius 2 is 1.91 bits per heavy atom. The molecule has 34 heavy (non-hydrogen) atoms. The Labute approximate surface area is 202 Å². The van der Waals surface area contributed by atoms with E-state index < -0.39 is 0 Å². The Kier molecular flexibility index (Phi) is 8.42. The van der Waals surface area contributed by atoms with Gasteiger partial charge in [-0.05, 0) is 54.2 Å². The van der Waals surface area contributed by atoms with Crippen molar-refractivity contribution in [1.29, 1.82) is 0 Å².